The van der Waals surface area contributed by atoms with Crippen LogP contribution < -0.4 is 5.32 Å². The summed E-state index contributed by atoms with van der Waals surface area (Å²) in [5.74, 6) is -0.737. The zero-order chi connectivity index (χ0) is 15.0. The van der Waals surface area contributed by atoms with Gasteiger partial charge in [0.1, 0.15) is 11.5 Å². The quantitative estimate of drug-likeness (QED) is 0.874. The molecule has 1 aromatic heterocycles. The Kier molecular flexibility index (Phi) is 3.44. The summed E-state index contributed by atoms with van der Waals surface area (Å²) in [6.45, 7) is 0.339. The highest BCUT2D eigenvalue weighted by Crippen LogP contribution is 2.34. The first-order valence-corrected chi connectivity index (χ1v) is 6.48. The summed E-state index contributed by atoms with van der Waals surface area (Å²) in [5.41, 5.74) is -0.744. The highest BCUT2D eigenvalue weighted by molar-refractivity contribution is 5.61. The number of halogens is 4. The van der Waals surface area contributed by atoms with Gasteiger partial charge in [-0.25, -0.2) is 9.37 Å². The topological polar surface area (TPSA) is 38.1 Å². The van der Waals surface area contributed by atoms with E-state index in [1.807, 2.05) is 0 Å². The Bertz CT molecular complexity index is 647. The number of oxazole rings is 1. The second-order valence-electron chi connectivity index (χ2n) is 4.98. The summed E-state index contributed by atoms with van der Waals surface area (Å²) in [5, 5.41) is 3.17. The number of hydrogen-bond acceptors (Lipinski definition) is 3. The van der Waals surface area contributed by atoms with Crippen LogP contribution in [0.2, 0.25) is 0 Å². The van der Waals surface area contributed by atoms with Crippen LogP contribution in [0.25, 0.3) is 11.3 Å². The van der Waals surface area contributed by atoms with E-state index in [1.54, 1.807) is 0 Å². The summed E-state index contributed by atoms with van der Waals surface area (Å²) < 4.78 is 57.1. The molecule has 0 spiro atoms. The Balaban J connectivity index is 1.93. The van der Waals surface area contributed by atoms with E-state index in [9.17, 15) is 17.6 Å². The molecule has 1 saturated carbocycles. The van der Waals surface area contributed by atoms with E-state index >= 15 is 0 Å². The van der Waals surface area contributed by atoms with Gasteiger partial charge < -0.3 is 9.73 Å². The van der Waals surface area contributed by atoms with Crippen LogP contribution in [0.4, 0.5) is 17.6 Å². The summed E-state index contributed by atoms with van der Waals surface area (Å²) in [6.07, 6.45) is -1.30. The minimum Gasteiger partial charge on any atom is -0.443 e. The Hall–Kier alpha value is -1.89. The van der Waals surface area contributed by atoms with E-state index < -0.39 is 17.6 Å². The summed E-state index contributed by atoms with van der Waals surface area (Å²) in [4.78, 5) is 3.95. The fourth-order valence-corrected chi connectivity index (χ4v) is 2.02. The zero-order valence-electron chi connectivity index (χ0n) is 10.9. The summed E-state index contributed by atoms with van der Waals surface area (Å²) in [6, 6.07) is 2.65. The van der Waals surface area contributed by atoms with E-state index in [2.05, 4.69) is 10.3 Å². The fourth-order valence-electron chi connectivity index (χ4n) is 2.02. The standard InChI is InChI=1S/C14H12F4N2O/c15-11-4-1-8(14(16,17)18)5-10(11)13-12(20-7-21-13)6-19-9-2-3-9/h1,4-5,7,9,19H,2-3,6H2. The lowest BCUT2D eigenvalue weighted by Crippen LogP contribution is -2.16. The average Bonchev–Trinajstić information content (AvgIpc) is 3.13. The number of hydrogen-bond donors (Lipinski definition) is 1. The molecule has 1 N–H and O–H groups in total. The maximum atomic E-state index is 13.8. The second kappa shape index (κ2) is 5.14. The molecule has 0 bridgehead atoms. The fraction of sp³-hybridized carbons (Fsp3) is 0.357. The van der Waals surface area contributed by atoms with Crippen LogP contribution in [-0.4, -0.2) is 11.0 Å². The molecule has 1 heterocycles. The lowest BCUT2D eigenvalue weighted by molar-refractivity contribution is -0.137. The molecular weight excluding hydrogens is 288 g/mol. The van der Waals surface area contributed by atoms with Gasteiger partial charge >= 0.3 is 6.18 Å². The SMILES string of the molecule is Fc1ccc(C(F)(F)F)cc1-c1ocnc1CNC1CC1. The molecule has 7 heteroatoms. The van der Waals surface area contributed by atoms with Crippen molar-refractivity contribution in [2.45, 2.75) is 31.6 Å². The third-order valence-electron chi connectivity index (χ3n) is 3.32. The van der Waals surface area contributed by atoms with E-state index in [1.165, 1.54) is 0 Å². The predicted octanol–water partition coefficient (Wildman–Crippen LogP) is 3.75. The molecule has 1 fully saturated rings. The van der Waals surface area contributed by atoms with Gasteiger partial charge in [-0.1, -0.05) is 0 Å². The Morgan fingerprint density at radius 3 is 2.71 bits per heavy atom. The molecule has 21 heavy (non-hydrogen) atoms. The van der Waals surface area contributed by atoms with Crippen LogP contribution in [0.1, 0.15) is 24.1 Å². The third-order valence-corrected chi connectivity index (χ3v) is 3.32. The van der Waals surface area contributed by atoms with Crippen LogP contribution in [0.15, 0.2) is 29.0 Å². The molecule has 3 rings (SSSR count). The molecule has 3 nitrogen and oxygen atoms in total. The number of aromatic nitrogens is 1. The molecule has 0 saturated heterocycles. The minimum absolute atomic E-state index is 0.0340. The predicted molar refractivity (Wildman–Crippen MR) is 66.8 cm³/mol. The number of alkyl halides is 3. The normalized spacial score (nSPS) is 15.4. The van der Waals surface area contributed by atoms with Gasteiger partial charge in [0, 0.05) is 12.6 Å². The number of nitrogens with one attached hydrogen (secondary N) is 1. The number of nitrogens with zero attached hydrogens (tertiary/aromatic N) is 1. The van der Waals surface area contributed by atoms with Gasteiger partial charge in [-0.2, -0.15) is 13.2 Å². The zero-order valence-corrected chi connectivity index (χ0v) is 10.9. The Morgan fingerprint density at radius 2 is 2.05 bits per heavy atom. The maximum Gasteiger partial charge on any atom is 0.416 e. The molecular formula is C14H12F4N2O. The highest BCUT2D eigenvalue weighted by atomic mass is 19.4. The molecule has 0 radical (unpaired) electrons. The lowest BCUT2D eigenvalue weighted by Gasteiger charge is -2.09. The molecule has 0 unspecified atom stereocenters. The molecule has 1 aliphatic carbocycles. The number of rotatable bonds is 4. The van der Waals surface area contributed by atoms with Gasteiger partial charge in [0.15, 0.2) is 12.2 Å². The van der Waals surface area contributed by atoms with Gasteiger partial charge in [-0.05, 0) is 31.0 Å². The van der Waals surface area contributed by atoms with E-state index in [0.29, 0.717) is 24.3 Å². The Morgan fingerprint density at radius 1 is 1.29 bits per heavy atom. The van der Waals surface area contributed by atoms with Gasteiger partial charge in [-0.15, -0.1) is 0 Å². The van der Waals surface area contributed by atoms with Crippen molar-refractivity contribution in [1.29, 1.82) is 0 Å². The van der Waals surface area contributed by atoms with E-state index in [0.717, 1.165) is 31.4 Å². The van der Waals surface area contributed by atoms with Crippen LogP contribution in [0, 0.1) is 5.82 Å². The monoisotopic (exact) mass is 300 g/mol. The van der Waals surface area contributed by atoms with Gasteiger partial charge in [0.25, 0.3) is 0 Å². The van der Waals surface area contributed by atoms with Crippen LogP contribution in [-0.2, 0) is 12.7 Å². The number of benzene rings is 1. The van der Waals surface area contributed by atoms with E-state index in [4.69, 9.17) is 4.42 Å². The Labute approximate surface area is 118 Å². The van der Waals surface area contributed by atoms with Crippen LogP contribution in [0.3, 0.4) is 0 Å². The first-order chi connectivity index (χ1) is 9.95. The van der Waals surface area contributed by atoms with Crippen molar-refractivity contribution in [3.05, 3.63) is 41.7 Å². The summed E-state index contributed by atoms with van der Waals surface area (Å²) >= 11 is 0. The molecule has 1 aliphatic rings. The smallest absolute Gasteiger partial charge is 0.416 e. The lowest BCUT2D eigenvalue weighted by atomic mass is 10.1. The van der Waals surface area contributed by atoms with Crippen molar-refractivity contribution in [2.75, 3.05) is 0 Å². The molecule has 2 aromatic rings. The molecule has 112 valence electrons. The molecule has 0 aliphatic heterocycles. The first kappa shape index (κ1) is 14.1. The van der Waals surface area contributed by atoms with Crippen LogP contribution in [0.5, 0.6) is 0 Å². The van der Waals surface area contributed by atoms with Gasteiger partial charge in [0.2, 0.25) is 0 Å². The van der Waals surface area contributed by atoms with Crippen molar-refractivity contribution in [1.82, 2.24) is 10.3 Å². The molecule has 0 atom stereocenters. The van der Waals surface area contributed by atoms with Crippen molar-refractivity contribution < 1.29 is 22.0 Å². The average molecular weight is 300 g/mol. The maximum absolute atomic E-state index is 13.8. The third kappa shape index (κ3) is 3.07. The molecule has 1 aromatic carbocycles. The van der Waals surface area contributed by atoms with Gasteiger partial charge in [0.05, 0.1) is 11.1 Å². The van der Waals surface area contributed by atoms with Crippen molar-refractivity contribution in [2.24, 2.45) is 0 Å². The summed E-state index contributed by atoms with van der Waals surface area (Å²) in [7, 11) is 0. The molecule has 0 amide bonds. The largest absolute Gasteiger partial charge is 0.443 e. The first-order valence-electron chi connectivity index (χ1n) is 6.48. The second-order valence-corrected chi connectivity index (χ2v) is 4.98. The van der Waals surface area contributed by atoms with Crippen molar-refractivity contribution in [3.8, 4) is 11.3 Å². The van der Waals surface area contributed by atoms with Crippen LogP contribution >= 0.6 is 0 Å². The van der Waals surface area contributed by atoms with E-state index in [-0.39, 0.29) is 11.3 Å². The highest BCUT2D eigenvalue weighted by Gasteiger charge is 2.32. The van der Waals surface area contributed by atoms with Crippen molar-refractivity contribution in [3.63, 3.8) is 0 Å². The van der Waals surface area contributed by atoms with Gasteiger partial charge in [-0.3, -0.25) is 0 Å². The van der Waals surface area contributed by atoms with Crippen molar-refractivity contribution >= 4 is 0 Å². The minimum atomic E-state index is -4.53.